The van der Waals surface area contributed by atoms with Gasteiger partial charge in [0.1, 0.15) is 11.3 Å². The van der Waals surface area contributed by atoms with Crippen LogP contribution < -0.4 is 5.32 Å². The fourth-order valence-corrected chi connectivity index (χ4v) is 2.84. The standard InChI is InChI=1S/C12H9NO4S/c14-8-2-1-6(10-7(8)3-4-17-10)5-9-11(15)13-12(16)18-9/h1-4,9,14H,5H2,(H,13,15,16). The highest BCUT2D eigenvalue weighted by Gasteiger charge is 2.32. The third-order valence-electron chi connectivity index (χ3n) is 2.85. The van der Waals surface area contributed by atoms with E-state index in [1.165, 1.54) is 6.26 Å². The lowest BCUT2D eigenvalue weighted by Gasteiger charge is -2.06. The second kappa shape index (κ2) is 4.06. The molecule has 1 saturated heterocycles. The molecule has 0 saturated carbocycles. The van der Waals surface area contributed by atoms with E-state index >= 15 is 0 Å². The van der Waals surface area contributed by atoms with E-state index in [1.54, 1.807) is 18.2 Å². The van der Waals surface area contributed by atoms with Gasteiger partial charge in [0, 0.05) is 0 Å². The molecular formula is C12H9NO4S. The SMILES string of the molecule is O=C1NC(=O)C(Cc2ccc(O)c3ccoc23)S1. The number of carbonyl (C=O) groups excluding carboxylic acids is 2. The molecule has 5 nitrogen and oxygen atoms in total. The number of rotatable bonds is 2. The zero-order valence-corrected chi connectivity index (χ0v) is 9.99. The molecule has 18 heavy (non-hydrogen) atoms. The number of fused-ring (bicyclic) bond motifs is 1. The van der Waals surface area contributed by atoms with Crippen molar-refractivity contribution >= 4 is 33.9 Å². The molecule has 0 aliphatic carbocycles. The lowest BCUT2D eigenvalue weighted by atomic mass is 10.1. The minimum absolute atomic E-state index is 0.141. The summed E-state index contributed by atoms with van der Waals surface area (Å²) in [5.74, 6) is -0.139. The van der Waals surface area contributed by atoms with Crippen LogP contribution in [0.5, 0.6) is 5.75 Å². The first kappa shape index (κ1) is 11.2. The molecule has 1 unspecified atom stereocenters. The van der Waals surface area contributed by atoms with Crippen LogP contribution in [-0.2, 0) is 11.2 Å². The predicted molar refractivity (Wildman–Crippen MR) is 66.5 cm³/mol. The van der Waals surface area contributed by atoms with Gasteiger partial charge < -0.3 is 9.52 Å². The lowest BCUT2D eigenvalue weighted by Crippen LogP contribution is -2.25. The average molecular weight is 263 g/mol. The van der Waals surface area contributed by atoms with Crippen LogP contribution in [0.3, 0.4) is 0 Å². The van der Waals surface area contributed by atoms with Crippen LogP contribution >= 0.6 is 11.8 Å². The van der Waals surface area contributed by atoms with E-state index in [-0.39, 0.29) is 16.9 Å². The molecule has 2 heterocycles. The van der Waals surface area contributed by atoms with Gasteiger partial charge >= 0.3 is 0 Å². The molecule has 1 aliphatic heterocycles. The Morgan fingerprint density at radius 3 is 2.89 bits per heavy atom. The summed E-state index contributed by atoms with van der Waals surface area (Å²) in [6.45, 7) is 0. The van der Waals surface area contributed by atoms with Gasteiger partial charge in [-0.25, -0.2) is 0 Å². The van der Waals surface area contributed by atoms with Crippen molar-refractivity contribution in [2.75, 3.05) is 0 Å². The Hall–Kier alpha value is -1.95. The molecule has 1 aromatic carbocycles. The van der Waals surface area contributed by atoms with E-state index in [0.29, 0.717) is 17.4 Å². The van der Waals surface area contributed by atoms with E-state index in [9.17, 15) is 14.7 Å². The van der Waals surface area contributed by atoms with Crippen LogP contribution in [0.2, 0.25) is 0 Å². The number of hydrogen-bond acceptors (Lipinski definition) is 5. The second-order valence-corrected chi connectivity index (χ2v) is 5.17. The number of carbonyl (C=O) groups is 2. The quantitative estimate of drug-likeness (QED) is 0.866. The topological polar surface area (TPSA) is 79.5 Å². The first-order valence-corrected chi connectivity index (χ1v) is 6.22. The maximum absolute atomic E-state index is 11.5. The molecular weight excluding hydrogens is 254 g/mol. The minimum Gasteiger partial charge on any atom is -0.507 e. The number of phenols is 1. The van der Waals surface area contributed by atoms with Gasteiger partial charge in [0.15, 0.2) is 0 Å². The van der Waals surface area contributed by atoms with Gasteiger partial charge in [-0.2, -0.15) is 0 Å². The Morgan fingerprint density at radius 2 is 2.17 bits per heavy atom. The van der Waals surface area contributed by atoms with Crippen LogP contribution in [0.15, 0.2) is 28.9 Å². The average Bonchev–Trinajstić information content (AvgIpc) is 2.91. The maximum atomic E-state index is 11.5. The van der Waals surface area contributed by atoms with Crippen molar-refractivity contribution in [3.63, 3.8) is 0 Å². The Morgan fingerprint density at radius 1 is 1.33 bits per heavy atom. The molecule has 2 amide bonds. The molecule has 3 rings (SSSR count). The fraction of sp³-hybridized carbons (Fsp3) is 0.167. The van der Waals surface area contributed by atoms with Crippen molar-refractivity contribution in [1.82, 2.24) is 5.32 Å². The third-order valence-corrected chi connectivity index (χ3v) is 3.83. The molecule has 6 heteroatoms. The Bertz CT molecular complexity index is 649. The van der Waals surface area contributed by atoms with Crippen LogP contribution in [0, 0.1) is 0 Å². The summed E-state index contributed by atoms with van der Waals surface area (Å²) in [6.07, 6.45) is 1.88. The van der Waals surface area contributed by atoms with Crippen molar-refractivity contribution in [1.29, 1.82) is 0 Å². The highest BCUT2D eigenvalue weighted by atomic mass is 32.2. The number of aromatic hydroxyl groups is 1. The van der Waals surface area contributed by atoms with Gasteiger partial charge in [0.05, 0.1) is 16.9 Å². The summed E-state index contributed by atoms with van der Waals surface area (Å²) in [5, 5.41) is 11.7. The number of nitrogens with one attached hydrogen (secondary N) is 1. The zero-order valence-electron chi connectivity index (χ0n) is 9.17. The van der Waals surface area contributed by atoms with Gasteiger partial charge in [-0.3, -0.25) is 14.9 Å². The first-order chi connectivity index (χ1) is 8.65. The number of phenolic OH excluding ortho intramolecular Hbond substituents is 1. The van der Waals surface area contributed by atoms with Crippen molar-refractivity contribution in [2.24, 2.45) is 0 Å². The third kappa shape index (κ3) is 1.74. The summed E-state index contributed by atoms with van der Waals surface area (Å²) in [6, 6.07) is 4.94. The van der Waals surface area contributed by atoms with E-state index in [0.717, 1.165) is 17.3 Å². The molecule has 92 valence electrons. The number of hydrogen-bond donors (Lipinski definition) is 2. The molecule has 2 aromatic rings. The van der Waals surface area contributed by atoms with Crippen molar-refractivity contribution < 1.29 is 19.1 Å². The normalized spacial score (nSPS) is 19.4. The van der Waals surface area contributed by atoms with E-state index in [1.807, 2.05) is 0 Å². The maximum Gasteiger partial charge on any atom is 0.286 e. The monoisotopic (exact) mass is 263 g/mol. The predicted octanol–water partition coefficient (Wildman–Crippen LogP) is 2.03. The summed E-state index contributed by atoms with van der Waals surface area (Å²) in [4.78, 5) is 22.6. The largest absolute Gasteiger partial charge is 0.507 e. The van der Waals surface area contributed by atoms with Gasteiger partial charge in [-0.05, 0) is 24.1 Å². The van der Waals surface area contributed by atoms with Gasteiger partial charge in [-0.1, -0.05) is 17.8 Å². The van der Waals surface area contributed by atoms with Crippen LogP contribution in [0.25, 0.3) is 11.0 Å². The van der Waals surface area contributed by atoms with Gasteiger partial charge in [0.2, 0.25) is 5.91 Å². The zero-order chi connectivity index (χ0) is 12.7. The highest BCUT2D eigenvalue weighted by molar-refractivity contribution is 8.15. The van der Waals surface area contributed by atoms with E-state index in [4.69, 9.17) is 4.42 Å². The minimum atomic E-state index is -0.435. The smallest absolute Gasteiger partial charge is 0.286 e. The van der Waals surface area contributed by atoms with Crippen LogP contribution in [0.1, 0.15) is 5.56 Å². The Labute approximate surface area is 106 Å². The van der Waals surface area contributed by atoms with Crippen molar-refractivity contribution in [3.05, 3.63) is 30.0 Å². The molecule has 0 spiro atoms. The van der Waals surface area contributed by atoms with Crippen molar-refractivity contribution in [2.45, 2.75) is 11.7 Å². The molecule has 1 aliphatic rings. The van der Waals surface area contributed by atoms with E-state index in [2.05, 4.69) is 5.32 Å². The van der Waals surface area contributed by atoms with Gasteiger partial charge in [-0.15, -0.1) is 0 Å². The summed E-state index contributed by atoms with van der Waals surface area (Å²) >= 11 is 0.980. The molecule has 0 radical (unpaired) electrons. The number of furan rings is 1. The number of benzene rings is 1. The number of amides is 2. The number of imide groups is 1. The highest BCUT2D eigenvalue weighted by Crippen LogP contribution is 2.31. The summed E-state index contributed by atoms with van der Waals surface area (Å²) < 4.78 is 5.32. The van der Waals surface area contributed by atoms with Gasteiger partial charge in [0.25, 0.3) is 5.24 Å². The molecule has 2 N–H and O–H groups in total. The summed E-state index contributed by atoms with van der Waals surface area (Å²) in [5.41, 5.74) is 1.36. The first-order valence-electron chi connectivity index (χ1n) is 5.34. The Balaban J connectivity index is 1.96. The van der Waals surface area contributed by atoms with Crippen LogP contribution in [-0.4, -0.2) is 21.5 Å². The fourth-order valence-electron chi connectivity index (χ4n) is 1.99. The Kier molecular flexibility index (Phi) is 2.52. The van der Waals surface area contributed by atoms with Crippen LogP contribution in [0.4, 0.5) is 4.79 Å². The second-order valence-electron chi connectivity index (χ2n) is 3.99. The molecule has 0 bridgehead atoms. The molecule has 1 atom stereocenters. The lowest BCUT2D eigenvalue weighted by molar-refractivity contribution is -0.118. The summed E-state index contributed by atoms with van der Waals surface area (Å²) in [7, 11) is 0. The molecule has 1 aromatic heterocycles. The van der Waals surface area contributed by atoms with Crippen molar-refractivity contribution in [3.8, 4) is 5.75 Å². The molecule has 1 fully saturated rings. The van der Waals surface area contributed by atoms with E-state index < -0.39 is 5.25 Å². The number of thioether (sulfide) groups is 1.